The maximum atomic E-state index is 14.1. The molecule has 3 aromatic heterocycles. The van der Waals surface area contributed by atoms with Crippen molar-refractivity contribution in [2.45, 2.75) is 20.0 Å². The van der Waals surface area contributed by atoms with Crippen molar-refractivity contribution >= 4 is 33.5 Å². The van der Waals surface area contributed by atoms with Crippen molar-refractivity contribution in [2.75, 3.05) is 19.5 Å². The normalized spacial score (nSPS) is 11.2. The summed E-state index contributed by atoms with van der Waals surface area (Å²) < 4.78 is 32.5. The number of benzene rings is 2. The van der Waals surface area contributed by atoms with Crippen LogP contribution in [0.2, 0.25) is 0 Å². The van der Waals surface area contributed by atoms with E-state index in [4.69, 9.17) is 14.0 Å². The van der Waals surface area contributed by atoms with Gasteiger partial charge in [0.15, 0.2) is 17.3 Å². The van der Waals surface area contributed by atoms with Crippen LogP contribution in [0, 0.1) is 12.7 Å². The standard InChI is InChI=1S/C24H21FN6O5/c1-13-27-21(36-29-13)11-30-12-26-22-16-8-14(25)4-6-17(16)31(23(22)24(30)33)10-20(32)28-15-5-7-18(34-2)19(9-15)35-3/h4-9,12H,10-11H2,1-3H3,(H,28,32). The Hall–Kier alpha value is -4.74. The van der Waals surface area contributed by atoms with E-state index >= 15 is 0 Å². The third-order valence-electron chi connectivity index (χ3n) is 5.63. The summed E-state index contributed by atoms with van der Waals surface area (Å²) in [5.41, 5.74) is 0.964. The number of methoxy groups -OCH3 is 2. The highest BCUT2D eigenvalue weighted by Gasteiger charge is 2.20. The molecule has 0 unspecified atom stereocenters. The highest BCUT2D eigenvalue weighted by molar-refractivity contribution is 6.06. The minimum absolute atomic E-state index is 0.00363. The van der Waals surface area contributed by atoms with E-state index in [0.29, 0.717) is 33.9 Å². The van der Waals surface area contributed by atoms with E-state index in [1.165, 1.54) is 47.9 Å². The number of ether oxygens (including phenoxy) is 2. The van der Waals surface area contributed by atoms with Crippen LogP contribution in [0.3, 0.4) is 0 Å². The number of hydrogen-bond acceptors (Lipinski definition) is 8. The average Bonchev–Trinajstić information content (AvgIpc) is 3.41. The van der Waals surface area contributed by atoms with E-state index in [2.05, 4.69) is 20.4 Å². The van der Waals surface area contributed by atoms with Crippen molar-refractivity contribution in [3.63, 3.8) is 0 Å². The lowest BCUT2D eigenvalue weighted by Gasteiger charge is -2.12. The summed E-state index contributed by atoms with van der Waals surface area (Å²) in [6.45, 7) is 1.44. The van der Waals surface area contributed by atoms with Crippen LogP contribution in [0.25, 0.3) is 21.9 Å². The molecule has 0 aliphatic rings. The Morgan fingerprint density at radius 1 is 1.14 bits per heavy atom. The number of hydrogen-bond donors (Lipinski definition) is 1. The zero-order chi connectivity index (χ0) is 25.4. The van der Waals surface area contributed by atoms with Gasteiger partial charge in [0, 0.05) is 17.1 Å². The van der Waals surface area contributed by atoms with Gasteiger partial charge in [-0.3, -0.25) is 14.2 Å². The molecule has 0 bridgehead atoms. The van der Waals surface area contributed by atoms with Crippen LogP contribution in [0.15, 0.2) is 52.0 Å². The fraction of sp³-hybridized carbons (Fsp3) is 0.208. The first-order valence-corrected chi connectivity index (χ1v) is 10.9. The van der Waals surface area contributed by atoms with Crippen LogP contribution < -0.4 is 20.3 Å². The number of halogens is 1. The summed E-state index contributed by atoms with van der Waals surface area (Å²) in [5, 5.41) is 6.94. The summed E-state index contributed by atoms with van der Waals surface area (Å²) in [6.07, 6.45) is 1.34. The van der Waals surface area contributed by atoms with Gasteiger partial charge < -0.3 is 23.9 Å². The number of fused-ring (bicyclic) bond motifs is 3. The summed E-state index contributed by atoms with van der Waals surface area (Å²) in [4.78, 5) is 35.0. The number of anilines is 1. The van der Waals surface area contributed by atoms with E-state index in [-0.39, 0.29) is 30.0 Å². The second kappa shape index (κ2) is 9.13. The fourth-order valence-electron chi connectivity index (χ4n) is 4.06. The lowest BCUT2D eigenvalue weighted by Crippen LogP contribution is -2.25. The summed E-state index contributed by atoms with van der Waals surface area (Å²) in [6, 6.07) is 9.03. The van der Waals surface area contributed by atoms with E-state index in [9.17, 15) is 14.0 Å². The van der Waals surface area contributed by atoms with Gasteiger partial charge in [0.2, 0.25) is 11.8 Å². The maximum absolute atomic E-state index is 14.1. The predicted molar refractivity (Wildman–Crippen MR) is 128 cm³/mol. The number of nitrogens with one attached hydrogen (secondary N) is 1. The van der Waals surface area contributed by atoms with Crippen molar-refractivity contribution in [1.82, 2.24) is 24.3 Å². The highest BCUT2D eigenvalue weighted by Crippen LogP contribution is 2.30. The van der Waals surface area contributed by atoms with Crippen LogP contribution in [0.4, 0.5) is 10.1 Å². The molecule has 0 aliphatic carbocycles. The number of nitrogens with zero attached hydrogens (tertiary/aromatic N) is 5. The van der Waals surface area contributed by atoms with Gasteiger partial charge in [-0.05, 0) is 37.3 Å². The number of rotatable bonds is 7. The summed E-state index contributed by atoms with van der Waals surface area (Å²) >= 11 is 0. The Labute approximate surface area is 203 Å². The van der Waals surface area contributed by atoms with Gasteiger partial charge in [-0.25, -0.2) is 9.37 Å². The second-order valence-corrected chi connectivity index (χ2v) is 7.98. The fourth-order valence-corrected chi connectivity index (χ4v) is 4.06. The number of carbonyl (C=O) groups is 1. The first kappa shape index (κ1) is 23.0. The van der Waals surface area contributed by atoms with Gasteiger partial charge in [0.25, 0.3) is 5.56 Å². The Balaban J connectivity index is 1.56. The Morgan fingerprint density at radius 2 is 1.94 bits per heavy atom. The predicted octanol–water partition coefficient (Wildman–Crippen LogP) is 2.89. The second-order valence-electron chi connectivity index (χ2n) is 7.98. The summed E-state index contributed by atoms with van der Waals surface area (Å²) in [5.74, 6) is 0.740. The SMILES string of the molecule is COc1ccc(NC(=O)Cn2c3ccc(F)cc3c3ncn(Cc4nc(C)no4)c(=O)c32)cc1OC. The highest BCUT2D eigenvalue weighted by atomic mass is 19.1. The van der Waals surface area contributed by atoms with Gasteiger partial charge in [0.1, 0.15) is 29.9 Å². The number of aryl methyl sites for hydroxylation is 1. The molecule has 36 heavy (non-hydrogen) atoms. The number of amides is 1. The first-order valence-electron chi connectivity index (χ1n) is 10.9. The monoisotopic (exact) mass is 492 g/mol. The molecule has 0 radical (unpaired) electrons. The molecule has 11 nitrogen and oxygen atoms in total. The molecule has 0 spiro atoms. The zero-order valence-electron chi connectivity index (χ0n) is 19.6. The van der Waals surface area contributed by atoms with E-state index in [0.717, 1.165) is 0 Å². The Morgan fingerprint density at radius 3 is 2.67 bits per heavy atom. The lowest BCUT2D eigenvalue weighted by atomic mass is 10.2. The van der Waals surface area contributed by atoms with E-state index in [1.54, 1.807) is 25.1 Å². The maximum Gasteiger partial charge on any atom is 0.278 e. The molecule has 0 fully saturated rings. The van der Waals surface area contributed by atoms with Gasteiger partial charge in [-0.15, -0.1) is 0 Å². The van der Waals surface area contributed by atoms with Crippen molar-refractivity contribution in [3.8, 4) is 11.5 Å². The van der Waals surface area contributed by atoms with Crippen molar-refractivity contribution < 1.29 is 23.2 Å². The quantitative estimate of drug-likeness (QED) is 0.368. The molecule has 2 aromatic carbocycles. The molecule has 3 heterocycles. The molecule has 0 aliphatic heterocycles. The van der Waals surface area contributed by atoms with Gasteiger partial charge >= 0.3 is 0 Å². The molecule has 1 N–H and O–H groups in total. The molecule has 0 saturated heterocycles. The van der Waals surface area contributed by atoms with Gasteiger partial charge in [-0.1, -0.05) is 5.16 Å². The third kappa shape index (κ3) is 4.13. The van der Waals surface area contributed by atoms with Crippen LogP contribution in [0.1, 0.15) is 11.7 Å². The molecular weight excluding hydrogens is 471 g/mol. The van der Waals surface area contributed by atoms with Crippen molar-refractivity contribution in [3.05, 3.63) is 70.6 Å². The Kier molecular flexibility index (Phi) is 5.84. The third-order valence-corrected chi connectivity index (χ3v) is 5.63. The minimum atomic E-state index is -0.483. The van der Waals surface area contributed by atoms with Crippen LogP contribution in [0.5, 0.6) is 11.5 Å². The minimum Gasteiger partial charge on any atom is -0.493 e. The smallest absolute Gasteiger partial charge is 0.278 e. The van der Waals surface area contributed by atoms with Gasteiger partial charge in [-0.2, -0.15) is 4.98 Å². The lowest BCUT2D eigenvalue weighted by molar-refractivity contribution is -0.116. The molecule has 5 rings (SSSR count). The molecular formula is C24H21FN6O5. The average molecular weight is 492 g/mol. The number of aromatic nitrogens is 5. The van der Waals surface area contributed by atoms with E-state index in [1.807, 2.05) is 0 Å². The molecule has 1 amide bonds. The molecule has 12 heteroatoms. The number of carbonyl (C=O) groups excluding carboxylic acids is 1. The Bertz CT molecular complexity index is 1670. The zero-order valence-corrected chi connectivity index (χ0v) is 19.6. The first-order chi connectivity index (χ1) is 17.4. The van der Waals surface area contributed by atoms with Crippen LogP contribution in [-0.2, 0) is 17.9 Å². The largest absolute Gasteiger partial charge is 0.493 e. The van der Waals surface area contributed by atoms with Crippen LogP contribution >= 0.6 is 0 Å². The van der Waals surface area contributed by atoms with Crippen molar-refractivity contribution in [2.24, 2.45) is 0 Å². The topological polar surface area (TPSA) is 126 Å². The van der Waals surface area contributed by atoms with Crippen LogP contribution in [-0.4, -0.2) is 44.4 Å². The molecule has 184 valence electrons. The van der Waals surface area contributed by atoms with Gasteiger partial charge in [0.05, 0.1) is 26.1 Å². The molecule has 5 aromatic rings. The van der Waals surface area contributed by atoms with Crippen molar-refractivity contribution in [1.29, 1.82) is 0 Å². The van der Waals surface area contributed by atoms with E-state index < -0.39 is 17.3 Å². The molecule has 0 atom stereocenters. The summed E-state index contributed by atoms with van der Waals surface area (Å²) in [7, 11) is 3.01. The molecule has 0 saturated carbocycles.